The fourth-order valence-corrected chi connectivity index (χ4v) is 1.79. The lowest BCUT2D eigenvalue weighted by Gasteiger charge is -2.07. The number of nitrogens with one attached hydrogen (secondary N) is 1. The molecule has 0 fully saturated rings. The highest BCUT2D eigenvalue weighted by Gasteiger charge is 2.30. The van der Waals surface area contributed by atoms with Gasteiger partial charge in [0.05, 0.1) is 11.3 Å². The van der Waals surface area contributed by atoms with Gasteiger partial charge in [-0.05, 0) is 29.8 Å². The van der Waals surface area contributed by atoms with Crippen LogP contribution in [-0.2, 0) is 22.4 Å². The Morgan fingerprint density at radius 2 is 1.92 bits per heavy atom. The molecule has 0 aromatic heterocycles. The van der Waals surface area contributed by atoms with E-state index in [4.69, 9.17) is 4.84 Å². The number of anilines is 1. The normalized spacial score (nSPS) is 11.6. The van der Waals surface area contributed by atoms with Crippen molar-refractivity contribution in [3.8, 4) is 0 Å². The SMILES string of the molecule is O=C(/C=N/OCc1cccc(C(F)(F)F)c1)Nc1ccc(F)cc1F. The van der Waals surface area contributed by atoms with Crippen molar-refractivity contribution in [2.45, 2.75) is 12.8 Å². The average Bonchev–Trinajstić information content (AvgIpc) is 2.54. The van der Waals surface area contributed by atoms with Crippen molar-refractivity contribution in [1.82, 2.24) is 0 Å². The van der Waals surface area contributed by atoms with Crippen LogP contribution in [0.15, 0.2) is 47.6 Å². The molecule has 9 heteroatoms. The fourth-order valence-electron chi connectivity index (χ4n) is 1.79. The van der Waals surface area contributed by atoms with Crippen molar-refractivity contribution in [3.63, 3.8) is 0 Å². The van der Waals surface area contributed by atoms with Gasteiger partial charge in [-0.25, -0.2) is 8.78 Å². The van der Waals surface area contributed by atoms with Crippen molar-refractivity contribution in [1.29, 1.82) is 0 Å². The number of alkyl halides is 3. The highest BCUT2D eigenvalue weighted by Crippen LogP contribution is 2.29. The standard InChI is InChI=1S/C16H11F5N2O2/c17-12-4-5-14(13(18)7-12)23-15(24)8-22-25-9-10-2-1-3-11(6-10)16(19,20)21/h1-8H,9H2,(H,23,24)/b22-8+. The number of hydrogen-bond acceptors (Lipinski definition) is 3. The van der Waals surface area contributed by atoms with Gasteiger partial charge in [-0.15, -0.1) is 0 Å². The third-order valence-corrected chi connectivity index (χ3v) is 2.92. The maximum Gasteiger partial charge on any atom is 0.416 e. The minimum atomic E-state index is -4.47. The second-order valence-corrected chi connectivity index (χ2v) is 4.82. The zero-order chi connectivity index (χ0) is 18.4. The van der Waals surface area contributed by atoms with Crippen molar-refractivity contribution in [2.75, 3.05) is 5.32 Å². The van der Waals surface area contributed by atoms with Crippen LogP contribution in [0.3, 0.4) is 0 Å². The van der Waals surface area contributed by atoms with E-state index in [2.05, 4.69) is 10.5 Å². The third kappa shape index (κ3) is 5.55. The molecule has 132 valence electrons. The fraction of sp³-hybridized carbons (Fsp3) is 0.125. The molecule has 0 unspecified atom stereocenters. The molecule has 1 N–H and O–H groups in total. The van der Waals surface area contributed by atoms with Crippen molar-refractivity contribution in [2.24, 2.45) is 5.16 Å². The number of oxime groups is 1. The number of benzene rings is 2. The van der Waals surface area contributed by atoms with Crippen LogP contribution in [0.25, 0.3) is 0 Å². The van der Waals surface area contributed by atoms with Crippen molar-refractivity contribution < 1.29 is 31.6 Å². The van der Waals surface area contributed by atoms with Crippen molar-refractivity contribution in [3.05, 3.63) is 65.2 Å². The largest absolute Gasteiger partial charge is 0.416 e. The second-order valence-electron chi connectivity index (χ2n) is 4.82. The first-order valence-electron chi connectivity index (χ1n) is 6.83. The first-order chi connectivity index (χ1) is 11.8. The summed E-state index contributed by atoms with van der Waals surface area (Å²) in [6, 6.07) is 7.01. The van der Waals surface area contributed by atoms with Gasteiger partial charge >= 0.3 is 6.18 Å². The van der Waals surface area contributed by atoms with Crippen LogP contribution in [0.5, 0.6) is 0 Å². The molecule has 0 bridgehead atoms. The van der Waals surface area contributed by atoms with E-state index in [1.165, 1.54) is 12.1 Å². The number of halogens is 5. The number of carbonyl (C=O) groups excluding carboxylic acids is 1. The Kier molecular flexibility index (Phi) is 5.68. The van der Waals surface area contributed by atoms with Gasteiger partial charge in [-0.1, -0.05) is 17.3 Å². The van der Waals surface area contributed by atoms with Crippen LogP contribution in [0.2, 0.25) is 0 Å². The van der Waals surface area contributed by atoms with Crippen LogP contribution >= 0.6 is 0 Å². The van der Waals surface area contributed by atoms with E-state index in [0.717, 1.165) is 24.3 Å². The first kappa shape index (κ1) is 18.4. The van der Waals surface area contributed by atoms with E-state index in [0.29, 0.717) is 12.3 Å². The van der Waals surface area contributed by atoms with Gasteiger partial charge in [0.1, 0.15) is 24.5 Å². The third-order valence-electron chi connectivity index (χ3n) is 2.92. The van der Waals surface area contributed by atoms with Crippen LogP contribution in [0.4, 0.5) is 27.6 Å². The zero-order valence-corrected chi connectivity index (χ0v) is 12.5. The van der Waals surface area contributed by atoms with Gasteiger partial charge in [0, 0.05) is 6.07 Å². The Hall–Kier alpha value is -2.97. The van der Waals surface area contributed by atoms with Gasteiger partial charge in [0.25, 0.3) is 5.91 Å². The minimum absolute atomic E-state index is 0.206. The molecule has 2 aromatic rings. The highest BCUT2D eigenvalue weighted by molar-refractivity contribution is 6.31. The van der Waals surface area contributed by atoms with E-state index in [-0.39, 0.29) is 17.9 Å². The van der Waals surface area contributed by atoms with Gasteiger partial charge in [-0.2, -0.15) is 13.2 Å². The summed E-state index contributed by atoms with van der Waals surface area (Å²) in [6.07, 6.45) is -3.80. The lowest BCUT2D eigenvalue weighted by atomic mass is 10.1. The molecule has 0 radical (unpaired) electrons. The smallest absolute Gasteiger partial charge is 0.391 e. The number of rotatable bonds is 5. The second kappa shape index (κ2) is 7.73. The monoisotopic (exact) mass is 358 g/mol. The van der Waals surface area contributed by atoms with Crippen LogP contribution in [0.1, 0.15) is 11.1 Å². The summed E-state index contributed by atoms with van der Waals surface area (Å²) in [5, 5.41) is 5.39. The molecule has 0 aliphatic heterocycles. The zero-order valence-electron chi connectivity index (χ0n) is 12.5. The molecule has 2 aromatic carbocycles. The molecule has 0 aliphatic carbocycles. The summed E-state index contributed by atoms with van der Waals surface area (Å²) in [6.45, 7) is -0.293. The average molecular weight is 358 g/mol. The molecule has 1 amide bonds. The van der Waals surface area contributed by atoms with E-state index in [1.807, 2.05) is 0 Å². The molecule has 0 aliphatic rings. The van der Waals surface area contributed by atoms with E-state index < -0.39 is 29.3 Å². The summed E-state index contributed by atoms with van der Waals surface area (Å²) in [5.41, 5.74) is -0.880. The predicted octanol–water partition coefficient (Wildman–Crippen LogP) is 4.12. The Bertz CT molecular complexity index is 790. The maximum absolute atomic E-state index is 13.3. The molecule has 0 spiro atoms. The molecule has 0 saturated carbocycles. The van der Waals surface area contributed by atoms with Gasteiger partial charge in [-0.3, -0.25) is 4.79 Å². The molecule has 4 nitrogen and oxygen atoms in total. The Morgan fingerprint density at radius 3 is 2.60 bits per heavy atom. The van der Waals surface area contributed by atoms with E-state index in [1.54, 1.807) is 0 Å². The summed E-state index contributed by atoms with van der Waals surface area (Å²) in [4.78, 5) is 16.2. The maximum atomic E-state index is 13.3. The minimum Gasteiger partial charge on any atom is -0.391 e. The molecule has 25 heavy (non-hydrogen) atoms. The summed E-state index contributed by atoms with van der Waals surface area (Å²) >= 11 is 0. The Morgan fingerprint density at radius 1 is 1.16 bits per heavy atom. The van der Waals surface area contributed by atoms with Crippen LogP contribution in [-0.4, -0.2) is 12.1 Å². The lowest BCUT2D eigenvalue weighted by molar-refractivity contribution is -0.137. The summed E-state index contributed by atoms with van der Waals surface area (Å²) < 4.78 is 63.7. The molecule has 0 atom stereocenters. The molecular formula is C16H11F5N2O2. The highest BCUT2D eigenvalue weighted by atomic mass is 19.4. The van der Waals surface area contributed by atoms with E-state index >= 15 is 0 Å². The van der Waals surface area contributed by atoms with E-state index in [9.17, 15) is 26.7 Å². The van der Waals surface area contributed by atoms with Crippen molar-refractivity contribution >= 4 is 17.8 Å². The van der Waals surface area contributed by atoms with Gasteiger partial charge < -0.3 is 10.2 Å². The molecule has 2 rings (SSSR count). The summed E-state index contributed by atoms with van der Waals surface area (Å²) in [7, 11) is 0. The van der Waals surface area contributed by atoms with Gasteiger partial charge in [0.15, 0.2) is 0 Å². The number of amides is 1. The van der Waals surface area contributed by atoms with Gasteiger partial charge in [0.2, 0.25) is 0 Å². The quantitative estimate of drug-likeness (QED) is 0.497. The molecule has 0 saturated heterocycles. The topological polar surface area (TPSA) is 50.7 Å². The molecule has 0 heterocycles. The number of nitrogens with zero attached hydrogens (tertiary/aromatic N) is 1. The number of hydrogen-bond donors (Lipinski definition) is 1. The molecular weight excluding hydrogens is 347 g/mol. The van der Waals surface area contributed by atoms with Crippen LogP contribution in [0, 0.1) is 11.6 Å². The predicted molar refractivity (Wildman–Crippen MR) is 79.7 cm³/mol. The summed E-state index contributed by atoms with van der Waals surface area (Å²) in [5.74, 6) is -2.62. The van der Waals surface area contributed by atoms with Crippen LogP contribution < -0.4 is 5.32 Å². The lowest BCUT2D eigenvalue weighted by Crippen LogP contribution is -2.14. The first-order valence-corrected chi connectivity index (χ1v) is 6.83. The Labute approximate surface area is 138 Å². The Balaban J connectivity index is 1.88. The number of carbonyl (C=O) groups is 1.